The van der Waals surface area contributed by atoms with E-state index in [1.807, 2.05) is 24.3 Å². The molecule has 1 aromatic carbocycles. The third-order valence-corrected chi connectivity index (χ3v) is 3.52. The molecule has 0 unspecified atom stereocenters. The van der Waals surface area contributed by atoms with Gasteiger partial charge < -0.3 is 4.74 Å². The topological polar surface area (TPSA) is 26.3 Å². The van der Waals surface area contributed by atoms with E-state index in [-0.39, 0.29) is 11.9 Å². The van der Waals surface area contributed by atoms with Crippen molar-refractivity contribution in [3.63, 3.8) is 0 Å². The molecule has 0 aliphatic heterocycles. The molecular formula is C15H20O2. The molecular weight excluding hydrogens is 212 g/mol. The Balaban J connectivity index is 2.05. The van der Waals surface area contributed by atoms with Crippen LogP contribution in [-0.4, -0.2) is 11.9 Å². The molecule has 1 aliphatic rings. The molecule has 1 aromatic rings. The second-order valence-electron chi connectivity index (χ2n) is 5.05. The van der Waals surface area contributed by atoms with Crippen molar-refractivity contribution in [3.8, 4) is 5.75 Å². The highest BCUT2D eigenvalue weighted by atomic mass is 16.5. The quantitative estimate of drug-likeness (QED) is 0.740. The van der Waals surface area contributed by atoms with Crippen LogP contribution in [0.15, 0.2) is 24.3 Å². The Bertz CT molecular complexity index is 390. The summed E-state index contributed by atoms with van der Waals surface area (Å²) in [6.07, 6.45) is 4.95. The van der Waals surface area contributed by atoms with Gasteiger partial charge in [0.1, 0.15) is 5.75 Å². The number of carbonyl (C=O) groups excluding carboxylic acids is 1. The second kappa shape index (κ2) is 5.35. The van der Waals surface area contributed by atoms with Crippen LogP contribution in [0.3, 0.4) is 0 Å². The number of hydrogen-bond donors (Lipinski definition) is 0. The number of ketones is 1. The first kappa shape index (κ1) is 12.2. The Hall–Kier alpha value is -1.31. The van der Waals surface area contributed by atoms with Gasteiger partial charge in [0.2, 0.25) is 0 Å². The van der Waals surface area contributed by atoms with Crippen LogP contribution in [0.1, 0.15) is 49.9 Å². The van der Waals surface area contributed by atoms with Crippen LogP contribution in [0.4, 0.5) is 0 Å². The van der Waals surface area contributed by atoms with E-state index in [1.165, 1.54) is 12.8 Å². The summed E-state index contributed by atoms with van der Waals surface area (Å²) in [6.45, 7) is 3.88. The smallest absolute Gasteiger partial charge is 0.163 e. The first-order valence-corrected chi connectivity index (χ1v) is 6.43. The van der Waals surface area contributed by atoms with E-state index in [9.17, 15) is 4.79 Å². The lowest BCUT2D eigenvalue weighted by Crippen LogP contribution is -2.23. The number of para-hydroxylation sites is 1. The van der Waals surface area contributed by atoms with Crippen molar-refractivity contribution in [1.82, 2.24) is 0 Å². The zero-order valence-corrected chi connectivity index (χ0v) is 10.6. The molecule has 2 rings (SSSR count). The first-order chi connectivity index (χ1) is 8.16. The van der Waals surface area contributed by atoms with Crippen LogP contribution in [-0.2, 0) is 0 Å². The molecule has 0 spiro atoms. The molecule has 0 atom stereocenters. The molecule has 2 nitrogen and oxygen atoms in total. The summed E-state index contributed by atoms with van der Waals surface area (Å²) in [4.78, 5) is 11.5. The fourth-order valence-corrected chi connectivity index (χ4v) is 2.39. The van der Waals surface area contributed by atoms with E-state index < -0.39 is 0 Å². The number of ether oxygens (including phenoxy) is 1. The van der Waals surface area contributed by atoms with Gasteiger partial charge in [0.05, 0.1) is 11.7 Å². The minimum Gasteiger partial charge on any atom is -0.490 e. The zero-order valence-electron chi connectivity index (χ0n) is 10.6. The van der Waals surface area contributed by atoms with Gasteiger partial charge in [0.15, 0.2) is 5.78 Å². The number of hydrogen-bond acceptors (Lipinski definition) is 2. The summed E-state index contributed by atoms with van der Waals surface area (Å²) in [5.74, 6) is 1.64. The molecule has 0 N–H and O–H groups in total. The third-order valence-electron chi connectivity index (χ3n) is 3.52. The molecule has 0 radical (unpaired) electrons. The van der Waals surface area contributed by atoms with Crippen LogP contribution < -0.4 is 4.74 Å². The maximum atomic E-state index is 11.5. The van der Waals surface area contributed by atoms with E-state index in [0.717, 1.165) is 24.5 Å². The van der Waals surface area contributed by atoms with Gasteiger partial charge in [-0.3, -0.25) is 4.79 Å². The Kier molecular flexibility index (Phi) is 3.82. The molecule has 0 bridgehead atoms. The van der Waals surface area contributed by atoms with Crippen LogP contribution in [0, 0.1) is 5.92 Å². The highest BCUT2D eigenvalue weighted by Crippen LogP contribution is 2.28. The number of Topliss-reactive ketones (excluding diaryl/α,β-unsaturated/α-hetero) is 1. The lowest BCUT2D eigenvalue weighted by molar-refractivity contribution is 0.0996. The molecule has 0 heterocycles. The first-order valence-electron chi connectivity index (χ1n) is 6.43. The predicted octanol–water partition coefficient (Wildman–Crippen LogP) is 3.85. The minimum absolute atomic E-state index is 0.0739. The van der Waals surface area contributed by atoms with Crippen molar-refractivity contribution >= 4 is 5.78 Å². The van der Waals surface area contributed by atoms with Gasteiger partial charge in [0.25, 0.3) is 0 Å². The monoisotopic (exact) mass is 232 g/mol. The van der Waals surface area contributed by atoms with Gasteiger partial charge in [-0.15, -0.1) is 0 Å². The van der Waals surface area contributed by atoms with Gasteiger partial charge >= 0.3 is 0 Å². The van der Waals surface area contributed by atoms with Gasteiger partial charge in [-0.25, -0.2) is 0 Å². The van der Waals surface area contributed by atoms with Crippen LogP contribution in [0.25, 0.3) is 0 Å². The van der Waals surface area contributed by atoms with Crippen LogP contribution >= 0.6 is 0 Å². The van der Waals surface area contributed by atoms with Crippen LogP contribution in [0.5, 0.6) is 5.75 Å². The number of rotatable bonds is 3. The second-order valence-corrected chi connectivity index (χ2v) is 5.05. The normalized spacial score (nSPS) is 24.4. The summed E-state index contributed by atoms with van der Waals surface area (Å²) >= 11 is 0. The lowest BCUT2D eigenvalue weighted by atomic mass is 9.89. The molecule has 0 aromatic heterocycles. The third kappa shape index (κ3) is 3.09. The largest absolute Gasteiger partial charge is 0.490 e. The van der Waals surface area contributed by atoms with Gasteiger partial charge in [0, 0.05) is 0 Å². The Morgan fingerprint density at radius 3 is 2.47 bits per heavy atom. The number of benzene rings is 1. The summed E-state index contributed by atoms with van der Waals surface area (Å²) in [6, 6.07) is 7.54. The van der Waals surface area contributed by atoms with Gasteiger partial charge in [-0.1, -0.05) is 19.1 Å². The highest BCUT2D eigenvalue weighted by molar-refractivity contribution is 5.96. The fourth-order valence-electron chi connectivity index (χ4n) is 2.39. The molecule has 0 saturated heterocycles. The minimum atomic E-state index is 0.0739. The Labute approximate surface area is 103 Å². The number of carbonyl (C=O) groups is 1. The molecule has 1 aliphatic carbocycles. The van der Waals surface area contributed by atoms with E-state index >= 15 is 0 Å². The van der Waals surface area contributed by atoms with Crippen molar-refractivity contribution in [1.29, 1.82) is 0 Å². The average molecular weight is 232 g/mol. The molecule has 1 fully saturated rings. The Morgan fingerprint density at radius 1 is 1.18 bits per heavy atom. The maximum Gasteiger partial charge on any atom is 0.163 e. The van der Waals surface area contributed by atoms with Crippen LogP contribution in [0.2, 0.25) is 0 Å². The van der Waals surface area contributed by atoms with Crippen molar-refractivity contribution in [3.05, 3.63) is 29.8 Å². The van der Waals surface area contributed by atoms with E-state index in [1.54, 1.807) is 6.92 Å². The molecule has 92 valence electrons. The van der Waals surface area contributed by atoms with Crippen molar-refractivity contribution < 1.29 is 9.53 Å². The van der Waals surface area contributed by atoms with Crippen molar-refractivity contribution in [2.75, 3.05) is 0 Å². The standard InChI is InChI=1S/C15H20O2/c1-11-7-9-13(10-8-11)17-15-6-4-3-5-14(15)12(2)16/h3-6,11,13H,7-10H2,1-2H3. The molecule has 2 heteroatoms. The van der Waals surface area contributed by atoms with E-state index in [0.29, 0.717) is 5.56 Å². The zero-order chi connectivity index (χ0) is 12.3. The SMILES string of the molecule is CC(=O)c1ccccc1OC1CCC(C)CC1. The highest BCUT2D eigenvalue weighted by Gasteiger charge is 2.20. The lowest BCUT2D eigenvalue weighted by Gasteiger charge is -2.27. The van der Waals surface area contributed by atoms with Crippen molar-refractivity contribution in [2.45, 2.75) is 45.6 Å². The molecule has 17 heavy (non-hydrogen) atoms. The molecule has 0 amide bonds. The van der Waals surface area contributed by atoms with Crippen molar-refractivity contribution in [2.24, 2.45) is 5.92 Å². The summed E-state index contributed by atoms with van der Waals surface area (Å²) in [7, 11) is 0. The summed E-state index contributed by atoms with van der Waals surface area (Å²) in [5, 5.41) is 0. The van der Waals surface area contributed by atoms with Gasteiger partial charge in [-0.05, 0) is 50.7 Å². The summed E-state index contributed by atoms with van der Waals surface area (Å²) in [5.41, 5.74) is 0.700. The maximum absolute atomic E-state index is 11.5. The summed E-state index contributed by atoms with van der Waals surface area (Å²) < 4.78 is 5.98. The predicted molar refractivity (Wildman–Crippen MR) is 68.5 cm³/mol. The Morgan fingerprint density at radius 2 is 1.82 bits per heavy atom. The van der Waals surface area contributed by atoms with E-state index in [4.69, 9.17) is 4.74 Å². The van der Waals surface area contributed by atoms with Gasteiger partial charge in [-0.2, -0.15) is 0 Å². The average Bonchev–Trinajstić information content (AvgIpc) is 2.32. The van der Waals surface area contributed by atoms with E-state index in [2.05, 4.69) is 6.92 Å². The fraction of sp³-hybridized carbons (Fsp3) is 0.533. The molecule has 1 saturated carbocycles.